The zero-order valence-corrected chi connectivity index (χ0v) is 27.1. The molecule has 2 aromatic heterocycles. The lowest BCUT2D eigenvalue weighted by Crippen LogP contribution is -2.44. The number of aromatic nitrogens is 3. The predicted molar refractivity (Wildman–Crippen MR) is 175 cm³/mol. The number of carbonyl (C=O) groups excluding carboxylic acids is 2. The number of unbranched alkanes of at least 4 members (excludes halogenated alkanes) is 2. The summed E-state index contributed by atoms with van der Waals surface area (Å²) in [4.78, 5) is 31.5. The van der Waals surface area contributed by atoms with Crippen molar-refractivity contribution in [3.05, 3.63) is 52.8 Å². The molecule has 10 nitrogen and oxygen atoms in total. The number of hydrogen-bond acceptors (Lipinski definition) is 6. The Morgan fingerprint density at radius 3 is 2.44 bits per heavy atom. The number of aryl methyl sites for hydroxylation is 3. The first-order chi connectivity index (χ1) is 20.9. The van der Waals surface area contributed by atoms with Crippen LogP contribution < -0.4 is 16.4 Å². The number of nitrogens with zero attached hydrogens (tertiary/aromatic N) is 4. The molecule has 4 rings (SSSR count). The number of carbonyl (C=O) groups is 2. The standard InChI is InChI=1S/C32H46BrN7O3/c1-3-28-26(21-35-31(41)24-12-10-23(11-13-24)9-5-7-19-43-20-8-6-16-33)29(27-22-36-40(4-2)30(27)38-28)37-25-14-17-39(18-15-25)32(34)42/h10-13,22,25H,3-9,14-21H2,1-2H3,(H2,34,42)(H,35,41)(H,37,38). The number of ether oxygens (including phenoxy) is 1. The second-order valence-corrected chi connectivity index (χ2v) is 11.8. The maximum Gasteiger partial charge on any atom is 0.314 e. The van der Waals surface area contributed by atoms with Crippen molar-refractivity contribution < 1.29 is 14.3 Å². The third-order valence-electron chi connectivity index (χ3n) is 8.08. The van der Waals surface area contributed by atoms with Crippen molar-refractivity contribution in [2.24, 2.45) is 5.73 Å². The van der Waals surface area contributed by atoms with Crippen molar-refractivity contribution >= 4 is 44.6 Å². The lowest BCUT2D eigenvalue weighted by Gasteiger charge is -2.32. The highest BCUT2D eigenvalue weighted by Gasteiger charge is 2.25. The number of rotatable bonds is 16. The summed E-state index contributed by atoms with van der Waals surface area (Å²) in [5.74, 6) is -0.115. The van der Waals surface area contributed by atoms with Crippen LogP contribution in [0.5, 0.6) is 0 Å². The number of halogens is 1. The summed E-state index contributed by atoms with van der Waals surface area (Å²) in [6, 6.07) is 7.69. The van der Waals surface area contributed by atoms with E-state index in [1.807, 2.05) is 35.1 Å². The normalized spacial score (nSPS) is 13.9. The van der Waals surface area contributed by atoms with Crippen molar-refractivity contribution in [3.63, 3.8) is 0 Å². The second kappa shape index (κ2) is 16.6. The van der Waals surface area contributed by atoms with Gasteiger partial charge in [0, 0.05) is 67.6 Å². The molecule has 0 spiro atoms. The van der Waals surface area contributed by atoms with E-state index in [2.05, 4.69) is 45.5 Å². The molecule has 3 amide bonds. The largest absolute Gasteiger partial charge is 0.381 e. The number of benzene rings is 1. The van der Waals surface area contributed by atoms with Crippen LogP contribution in [0.2, 0.25) is 0 Å². The van der Waals surface area contributed by atoms with Crippen molar-refractivity contribution in [3.8, 4) is 0 Å². The van der Waals surface area contributed by atoms with Crippen LogP contribution in [0.3, 0.4) is 0 Å². The van der Waals surface area contributed by atoms with E-state index in [0.29, 0.717) is 31.7 Å². The molecule has 0 radical (unpaired) electrons. The fourth-order valence-electron chi connectivity index (χ4n) is 5.53. The zero-order chi connectivity index (χ0) is 30.6. The minimum absolute atomic E-state index is 0.115. The molecule has 1 saturated heterocycles. The van der Waals surface area contributed by atoms with Gasteiger partial charge in [-0.25, -0.2) is 14.5 Å². The van der Waals surface area contributed by atoms with Gasteiger partial charge in [-0.2, -0.15) is 5.10 Å². The maximum atomic E-state index is 13.2. The topological polar surface area (TPSA) is 127 Å². The SMILES string of the molecule is CCc1nc2c(cnn2CC)c(NC2CCN(C(N)=O)CC2)c1CNC(=O)c1ccc(CCCCOCCCCBr)cc1. The third kappa shape index (κ3) is 8.92. The summed E-state index contributed by atoms with van der Waals surface area (Å²) >= 11 is 3.44. The van der Waals surface area contributed by atoms with Gasteiger partial charge in [-0.15, -0.1) is 0 Å². The molecule has 0 aliphatic carbocycles. The highest BCUT2D eigenvalue weighted by Crippen LogP contribution is 2.31. The van der Waals surface area contributed by atoms with Crippen LogP contribution in [0.1, 0.15) is 79.6 Å². The smallest absolute Gasteiger partial charge is 0.314 e. The average Bonchev–Trinajstić information content (AvgIpc) is 3.45. The third-order valence-corrected chi connectivity index (χ3v) is 8.64. The molecule has 3 heterocycles. The molecule has 234 valence electrons. The number of primary amides is 1. The maximum absolute atomic E-state index is 13.2. The van der Waals surface area contributed by atoms with Gasteiger partial charge in [-0.05, 0) is 76.0 Å². The van der Waals surface area contributed by atoms with E-state index < -0.39 is 0 Å². The summed E-state index contributed by atoms with van der Waals surface area (Å²) in [6.07, 6.45) is 9.47. The Morgan fingerprint density at radius 2 is 1.79 bits per heavy atom. The van der Waals surface area contributed by atoms with Gasteiger partial charge in [0.25, 0.3) is 5.91 Å². The first-order valence-corrected chi connectivity index (χ1v) is 16.8. The Kier molecular flexibility index (Phi) is 12.6. The van der Waals surface area contributed by atoms with E-state index in [0.717, 1.165) is 97.9 Å². The minimum atomic E-state index is -0.375. The van der Waals surface area contributed by atoms with Gasteiger partial charge in [-0.3, -0.25) is 4.79 Å². The first-order valence-electron chi connectivity index (χ1n) is 15.6. The molecule has 1 aliphatic heterocycles. The molecule has 1 fully saturated rings. The van der Waals surface area contributed by atoms with Crippen molar-refractivity contribution in [2.45, 2.75) is 84.3 Å². The molecule has 0 atom stereocenters. The fraction of sp³-hybridized carbons (Fsp3) is 0.562. The number of fused-ring (bicyclic) bond motifs is 1. The number of hydrogen-bond donors (Lipinski definition) is 3. The van der Waals surface area contributed by atoms with Gasteiger partial charge in [0.15, 0.2) is 5.65 Å². The van der Waals surface area contributed by atoms with E-state index in [9.17, 15) is 9.59 Å². The van der Waals surface area contributed by atoms with Crippen molar-refractivity contribution in [1.82, 2.24) is 25.0 Å². The first kappa shape index (κ1) is 32.7. The summed E-state index contributed by atoms with van der Waals surface area (Å²) in [6.45, 7) is 8.05. The van der Waals surface area contributed by atoms with Gasteiger partial charge in [-0.1, -0.05) is 35.0 Å². The van der Waals surface area contributed by atoms with Crippen LogP contribution in [0, 0.1) is 0 Å². The fourth-order valence-corrected chi connectivity index (χ4v) is 5.93. The van der Waals surface area contributed by atoms with Gasteiger partial charge >= 0.3 is 6.03 Å². The van der Waals surface area contributed by atoms with Crippen LogP contribution in [0.4, 0.5) is 10.5 Å². The van der Waals surface area contributed by atoms with E-state index in [1.54, 1.807) is 4.90 Å². The van der Waals surface area contributed by atoms with Crippen LogP contribution in [-0.2, 0) is 30.7 Å². The second-order valence-electron chi connectivity index (χ2n) is 11.1. The molecule has 11 heteroatoms. The Bertz CT molecular complexity index is 1340. The van der Waals surface area contributed by atoms with Gasteiger partial charge < -0.3 is 26.0 Å². The predicted octanol–water partition coefficient (Wildman–Crippen LogP) is 5.41. The molecule has 0 bridgehead atoms. The lowest BCUT2D eigenvalue weighted by atomic mass is 10.0. The Labute approximate surface area is 263 Å². The summed E-state index contributed by atoms with van der Waals surface area (Å²) in [5.41, 5.74) is 11.1. The Hall–Kier alpha value is -3.18. The van der Waals surface area contributed by atoms with Crippen LogP contribution in [0.25, 0.3) is 11.0 Å². The number of pyridine rings is 1. The number of piperidine rings is 1. The van der Waals surface area contributed by atoms with E-state index in [4.69, 9.17) is 15.5 Å². The number of anilines is 1. The highest BCUT2D eigenvalue weighted by atomic mass is 79.9. The van der Waals surface area contributed by atoms with Gasteiger partial charge in [0.1, 0.15) is 0 Å². The minimum Gasteiger partial charge on any atom is -0.381 e. The Balaban J connectivity index is 1.40. The molecule has 3 aromatic rings. The molecule has 1 aliphatic rings. The number of urea groups is 1. The molecular formula is C32H46BrN7O3. The number of likely N-dealkylation sites (tertiary alicyclic amines) is 1. The highest BCUT2D eigenvalue weighted by molar-refractivity contribution is 9.09. The van der Waals surface area contributed by atoms with Crippen LogP contribution >= 0.6 is 15.9 Å². The van der Waals surface area contributed by atoms with Crippen LogP contribution in [0.15, 0.2) is 30.5 Å². The quantitative estimate of drug-likeness (QED) is 0.140. The van der Waals surface area contributed by atoms with E-state index in [-0.39, 0.29) is 18.0 Å². The van der Waals surface area contributed by atoms with Gasteiger partial charge in [0.2, 0.25) is 0 Å². The summed E-state index contributed by atoms with van der Waals surface area (Å²) in [7, 11) is 0. The molecule has 4 N–H and O–H groups in total. The molecule has 0 saturated carbocycles. The van der Waals surface area contributed by atoms with Crippen molar-refractivity contribution in [1.29, 1.82) is 0 Å². The monoisotopic (exact) mass is 655 g/mol. The molecule has 0 unspecified atom stereocenters. The average molecular weight is 657 g/mol. The number of nitrogens with two attached hydrogens (primary N) is 1. The number of nitrogens with one attached hydrogen (secondary N) is 2. The Morgan fingerprint density at radius 1 is 1.07 bits per heavy atom. The van der Waals surface area contributed by atoms with Crippen LogP contribution in [-0.4, -0.2) is 69.3 Å². The van der Waals surface area contributed by atoms with E-state index >= 15 is 0 Å². The zero-order valence-electron chi connectivity index (χ0n) is 25.5. The number of amides is 3. The van der Waals surface area contributed by atoms with Gasteiger partial charge in [0.05, 0.1) is 17.3 Å². The molecular weight excluding hydrogens is 610 g/mol. The molecule has 43 heavy (non-hydrogen) atoms. The summed E-state index contributed by atoms with van der Waals surface area (Å²) < 4.78 is 7.59. The van der Waals surface area contributed by atoms with Crippen molar-refractivity contribution in [2.75, 3.05) is 37.0 Å². The summed E-state index contributed by atoms with van der Waals surface area (Å²) in [5, 5.41) is 13.4. The molecule has 1 aromatic carbocycles. The number of alkyl halides is 1. The van der Waals surface area contributed by atoms with E-state index in [1.165, 1.54) is 5.56 Å². The lowest BCUT2D eigenvalue weighted by molar-refractivity contribution is 0.0951.